The highest BCUT2D eigenvalue weighted by Gasteiger charge is 2.36. The maximum Gasteiger partial charge on any atom is 0.136 e. The van der Waals surface area contributed by atoms with E-state index in [0.717, 1.165) is 38.5 Å². The van der Waals surface area contributed by atoms with E-state index in [1.807, 2.05) is 6.92 Å². The number of rotatable bonds is 14. The first kappa shape index (κ1) is 21.3. The molecule has 1 saturated carbocycles. The lowest BCUT2D eigenvalue weighted by molar-refractivity contribution is -0.124. The van der Waals surface area contributed by atoms with Crippen LogP contribution in [0.5, 0.6) is 0 Å². The van der Waals surface area contributed by atoms with Gasteiger partial charge in [-0.15, -0.1) is 0 Å². The van der Waals surface area contributed by atoms with Gasteiger partial charge in [0.2, 0.25) is 0 Å². The number of hydrogen-bond acceptors (Lipinski definition) is 4. The Morgan fingerprint density at radius 3 is 1.96 bits per heavy atom. The smallest absolute Gasteiger partial charge is 0.136 e. The zero-order valence-corrected chi connectivity index (χ0v) is 15.3. The van der Waals surface area contributed by atoms with Crippen molar-refractivity contribution in [2.24, 2.45) is 11.8 Å². The van der Waals surface area contributed by atoms with Crippen LogP contribution < -0.4 is 0 Å². The van der Waals surface area contributed by atoms with Crippen LogP contribution in [0, 0.1) is 11.8 Å². The Balaban J connectivity index is 1.95. The maximum absolute atomic E-state index is 12.2. The standard InChI is InChI=1S/C20H36O4/c1-2-17(22)11-9-7-5-3-4-6-8-10-12-20(24)19-14-18(23)13-16(19)15-21/h16,18-19,21,23H,2-15H2,1H3/t16-,18+,19?/m0/s1. The fourth-order valence-electron chi connectivity index (χ4n) is 3.74. The molecular formula is C20H36O4. The van der Waals surface area contributed by atoms with Crippen LogP contribution in [0.25, 0.3) is 0 Å². The van der Waals surface area contributed by atoms with E-state index in [0.29, 0.717) is 31.5 Å². The molecule has 0 amide bonds. The number of ketones is 2. The Morgan fingerprint density at radius 1 is 0.875 bits per heavy atom. The Labute approximate surface area is 147 Å². The lowest BCUT2D eigenvalue weighted by Crippen LogP contribution is -2.21. The molecule has 0 spiro atoms. The molecule has 4 heteroatoms. The number of unbranched alkanes of at least 4 members (excludes halogenated alkanes) is 7. The zero-order valence-electron chi connectivity index (χ0n) is 15.3. The normalized spacial score (nSPS) is 23.5. The fraction of sp³-hybridized carbons (Fsp3) is 0.900. The summed E-state index contributed by atoms with van der Waals surface area (Å²) in [5.74, 6) is 0.437. The van der Waals surface area contributed by atoms with Crippen molar-refractivity contribution < 1.29 is 19.8 Å². The summed E-state index contributed by atoms with van der Waals surface area (Å²) in [5, 5.41) is 18.9. The topological polar surface area (TPSA) is 74.6 Å². The number of aliphatic hydroxyl groups is 2. The molecule has 140 valence electrons. The summed E-state index contributed by atoms with van der Waals surface area (Å²) in [4.78, 5) is 23.4. The first-order chi connectivity index (χ1) is 11.6. The van der Waals surface area contributed by atoms with E-state index >= 15 is 0 Å². The van der Waals surface area contributed by atoms with Crippen molar-refractivity contribution in [2.45, 2.75) is 96.5 Å². The number of Topliss-reactive ketones (excluding diaryl/α,β-unsaturated/α-hetero) is 2. The maximum atomic E-state index is 12.2. The minimum absolute atomic E-state index is 0.0112. The van der Waals surface area contributed by atoms with Gasteiger partial charge in [-0.2, -0.15) is 0 Å². The molecule has 1 rings (SSSR count). The van der Waals surface area contributed by atoms with E-state index in [2.05, 4.69) is 0 Å². The van der Waals surface area contributed by atoms with Crippen molar-refractivity contribution in [3.63, 3.8) is 0 Å². The second-order valence-corrected chi connectivity index (χ2v) is 7.36. The minimum atomic E-state index is -0.413. The number of carbonyl (C=O) groups is 2. The van der Waals surface area contributed by atoms with Crippen LogP contribution in [-0.4, -0.2) is 34.5 Å². The molecule has 1 aliphatic carbocycles. The van der Waals surface area contributed by atoms with Gasteiger partial charge >= 0.3 is 0 Å². The van der Waals surface area contributed by atoms with Crippen molar-refractivity contribution >= 4 is 11.6 Å². The molecule has 1 aliphatic rings. The summed E-state index contributed by atoms with van der Waals surface area (Å²) >= 11 is 0. The molecule has 0 aromatic heterocycles. The van der Waals surface area contributed by atoms with Crippen molar-refractivity contribution in [3.05, 3.63) is 0 Å². The van der Waals surface area contributed by atoms with Gasteiger partial charge in [0.1, 0.15) is 11.6 Å². The minimum Gasteiger partial charge on any atom is -0.396 e. The molecule has 0 radical (unpaired) electrons. The van der Waals surface area contributed by atoms with Gasteiger partial charge in [-0.25, -0.2) is 0 Å². The van der Waals surface area contributed by atoms with Crippen LogP contribution in [0.15, 0.2) is 0 Å². The van der Waals surface area contributed by atoms with Gasteiger partial charge in [-0.05, 0) is 31.6 Å². The van der Waals surface area contributed by atoms with Crippen molar-refractivity contribution in [2.75, 3.05) is 6.61 Å². The number of aliphatic hydroxyl groups excluding tert-OH is 2. The van der Waals surface area contributed by atoms with Gasteiger partial charge in [-0.3, -0.25) is 9.59 Å². The first-order valence-corrected chi connectivity index (χ1v) is 9.91. The van der Waals surface area contributed by atoms with Crippen molar-refractivity contribution in [1.82, 2.24) is 0 Å². The van der Waals surface area contributed by atoms with E-state index in [9.17, 15) is 19.8 Å². The summed E-state index contributed by atoms with van der Waals surface area (Å²) in [5.41, 5.74) is 0. The van der Waals surface area contributed by atoms with Crippen LogP contribution in [0.1, 0.15) is 90.4 Å². The van der Waals surface area contributed by atoms with Gasteiger partial charge in [0, 0.05) is 31.8 Å². The molecule has 0 aliphatic heterocycles. The molecule has 4 nitrogen and oxygen atoms in total. The molecule has 1 unspecified atom stereocenters. The summed E-state index contributed by atoms with van der Waals surface area (Å²) in [7, 11) is 0. The molecule has 0 aromatic rings. The van der Waals surface area contributed by atoms with Crippen molar-refractivity contribution in [1.29, 1.82) is 0 Å². The molecule has 0 heterocycles. The molecule has 2 N–H and O–H groups in total. The molecule has 1 fully saturated rings. The third-order valence-corrected chi connectivity index (χ3v) is 5.34. The lowest BCUT2D eigenvalue weighted by Gasteiger charge is -2.15. The van der Waals surface area contributed by atoms with Crippen LogP contribution in [0.4, 0.5) is 0 Å². The Bertz CT molecular complexity index is 367. The third-order valence-electron chi connectivity index (χ3n) is 5.34. The van der Waals surface area contributed by atoms with Gasteiger partial charge in [-0.1, -0.05) is 45.4 Å². The second kappa shape index (κ2) is 12.6. The van der Waals surface area contributed by atoms with E-state index < -0.39 is 6.10 Å². The van der Waals surface area contributed by atoms with Gasteiger partial charge in [0.15, 0.2) is 0 Å². The van der Waals surface area contributed by atoms with Crippen LogP contribution >= 0.6 is 0 Å². The lowest BCUT2D eigenvalue weighted by atomic mass is 9.90. The van der Waals surface area contributed by atoms with Crippen LogP contribution in [0.2, 0.25) is 0 Å². The van der Waals surface area contributed by atoms with Crippen LogP contribution in [0.3, 0.4) is 0 Å². The van der Waals surface area contributed by atoms with Crippen LogP contribution in [-0.2, 0) is 9.59 Å². The summed E-state index contributed by atoms with van der Waals surface area (Å²) in [6, 6.07) is 0. The van der Waals surface area contributed by atoms with E-state index in [1.165, 1.54) is 19.3 Å². The zero-order chi connectivity index (χ0) is 17.8. The summed E-state index contributed by atoms with van der Waals surface area (Å²) < 4.78 is 0. The first-order valence-electron chi connectivity index (χ1n) is 9.91. The highest BCUT2D eigenvalue weighted by atomic mass is 16.3. The van der Waals surface area contributed by atoms with E-state index in [-0.39, 0.29) is 24.2 Å². The summed E-state index contributed by atoms with van der Waals surface area (Å²) in [6.07, 6.45) is 11.7. The highest BCUT2D eigenvalue weighted by molar-refractivity contribution is 5.81. The monoisotopic (exact) mass is 340 g/mol. The SMILES string of the molecule is CCC(=O)CCCCCCCCCCC(=O)C1C[C@H](O)C[C@H]1CO. The largest absolute Gasteiger partial charge is 0.396 e. The molecule has 0 saturated heterocycles. The molecule has 24 heavy (non-hydrogen) atoms. The predicted octanol–water partition coefficient (Wildman–Crippen LogP) is 3.82. The molecule has 0 aromatic carbocycles. The fourth-order valence-corrected chi connectivity index (χ4v) is 3.74. The average molecular weight is 341 g/mol. The average Bonchev–Trinajstić information content (AvgIpc) is 2.97. The highest BCUT2D eigenvalue weighted by Crippen LogP contribution is 2.33. The van der Waals surface area contributed by atoms with Gasteiger partial charge < -0.3 is 10.2 Å². The van der Waals surface area contributed by atoms with E-state index in [4.69, 9.17) is 0 Å². The Kier molecular flexibility index (Phi) is 11.2. The Hall–Kier alpha value is -0.740. The predicted molar refractivity (Wildman–Crippen MR) is 95.8 cm³/mol. The van der Waals surface area contributed by atoms with E-state index in [1.54, 1.807) is 0 Å². The molecule has 0 bridgehead atoms. The summed E-state index contributed by atoms with van der Waals surface area (Å²) in [6.45, 7) is 1.93. The number of carbonyl (C=O) groups excluding carboxylic acids is 2. The Morgan fingerprint density at radius 2 is 1.42 bits per heavy atom. The second-order valence-electron chi connectivity index (χ2n) is 7.36. The van der Waals surface area contributed by atoms with Gasteiger partial charge in [0.25, 0.3) is 0 Å². The third kappa shape index (κ3) is 8.39. The quantitative estimate of drug-likeness (QED) is 0.471. The van der Waals surface area contributed by atoms with Crippen molar-refractivity contribution in [3.8, 4) is 0 Å². The molecular weight excluding hydrogens is 304 g/mol. The molecule has 3 atom stereocenters. The number of hydrogen-bond donors (Lipinski definition) is 2. The van der Waals surface area contributed by atoms with Gasteiger partial charge in [0.05, 0.1) is 6.10 Å².